The second-order valence-corrected chi connectivity index (χ2v) is 4.25. The van der Waals surface area contributed by atoms with Gasteiger partial charge in [0.1, 0.15) is 0 Å². The topological polar surface area (TPSA) is 58.5 Å². The van der Waals surface area contributed by atoms with Crippen molar-refractivity contribution in [3.05, 3.63) is 41.6 Å². The molecule has 1 saturated heterocycles. The van der Waals surface area contributed by atoms with Crippen LogP contribution in [0.1, 0.15) is 17.5 Å². The summed E-state index contributed by atoms with van der Waals surface area (Å²) in [6, 6.07) is 7.70. The molecule has 1 fully saturated rings. The van der Waals surface area contributed by atoms with E-state index in [1.165, 1.54) is 0 Å². The molecule has 1 atom stereocenters. The first kappa shape index (κ1) is 12.2. The van der Waals surface area contributed by atoms with Crippen LogP contribution in [-0.4, -0.2) is 18.5 Å². The minimum absolute atomic E-state index is 0.175. The third-order valence-corrected chi connectivity index (χ3v) is 3.03. The first-order valence-electron chi connectivity index (χ1n) is 5.69. The SMILES string of the molecule is C=N/C=C(\c1ccccc1C)C1CC(=O)NC1=O. The van der Waals surface area contributed by atoms with Gasteiger partial charge >= 0.3 is 0 Å². The van der Waals surface area contributed by atoms with Crippen molar-refractivity contribution in [2.75, 3.05) is 0 Å². The van der Waals surface area contributed by atoms with Crippen LogP contribution >= 0.6 is 0 Å². The van der Waals surface area contributed by atoms with E-state index in [1.807, 2.05) is 31.2 Å². The Morgan fingerprint density at radius 2 is 2.17 bits per heavy atom. The quantitative estimate of drug-likeness (QED) is 0.648. The van der Waals surface area contributed by atoms with Gasteiger partial charge in [-0.05, 0) is 30.3 Å². The number of nitrogens with zero attached hydrogens (tertiary/aromatic N) is 1. The van der Waals surface area contributed by atoms with Gasteiger partial charge in [0.05, 0.1) is 5.92 Å². The molecule has 0 bridgehead atoms. The average molecular weight is 242 g/mol. The third-order valence-electron chi connectivity index (χ3n) is 3.03. The molecule has 0 saturated carbocycles. The zero-order valence-corrected chi connectivity index (χ0v) is 10.1. The number of amides is 2. The Hall–Kier alpha value is -2.23. The fraction of sp³-hybridized carbons (Fsp3) is 0.214. The molecule has 1 unspecified atom stereocenters. The zero-order valence-electron chi connectivity index (χ0n) is 10.1. The molecule has 1 aliphatic heterocycles. The van der Waals surface area contributed by atoms with Crippen molar-refractivity contribution >= 4 is 24.1 Å². The van der Waals surface area contributed by atoms with Gasteiger partial charge in [0, 0.05) is 12.6 Å². The second kappa shape index (κ2) is 4.96. The number of carbonyl (C=O) groups excluding carboxylic acids is 2. The summed E-state index contributed by atoms with van der Waals surface area (Å²) < 4.78 is 0. The number of nitrogens with one attached hydrogen (secondary N) is 1. The van der Waals surface area contributed by atoms with Crippen molar-refractivity contribution < 1.29 is 9.59 Å². The number of imide groups is 1. The van der Waals surface area contributed by atoms with E-state index in [2.05, 4.69) is 17.0 Å². The van der Waals surface area contributed by atoms with E-state index in [4.69, 9.17) is 0 Å². The maximum absolute atomic E-state index is 11.8. The molecule has 92 valence electrons. The second-order valence-electron chi connectivity index (χ2n) is 4.25. The van der Waals surface area contributed by atoms with Gasteiger partial charge in [-0.25, -0.2) is 0 Å². The standard InChI is InChI=1S/C14H14N2O2/c1-9-5-3-4-6-10(9)12(8-15-2)11-7-13(17)16-14(11)18/h3-6,8,11H,2,7H2,1H3,(H,16,17,18)/b12-8+. The van der Waals surface area contributed by atoms with Crippen LogP contribution in [0.5, 0.6) is 0 Å². The largest absolute Gasteiger partial charge is 0.296 e. The highest BCUT2D eigenvalue weighted by Gasteiger charge is 2.34. The van der Waals surface area contributed by atoms with Crippen molar-refractivity contribution in [2.45, 2.75) is 13.3 Å². The third kappa shape index (κ3) is 2.22. The Morgan fingerprint density at radius 3 is 2.72 bits per heavy atom. The summed E-state index contributed by atoms with van der Waals surface area (Å²) in [5.41, 5.74) is 2.71. The van der Waals surface area contributed by atoms with Crippen LogP contribution in [0.25, 0.3) is 5.57 Å². The van der Waals surface area contributed by atoms with Crippen LogP contribution in [0.2, 0.25) is 0 Å². The fourth-order valence-corrected chi connectivity index (χ4v) is 2.15. The number of carbonyl (C=O) groups is 2. The van der Waals surface area contributed by atoms with E-state index in [0.29, 0.717) is 0 Å². The fourth-order valence-electron chi connectivity index (χ4n) is 2.15. The summed E-state index contributed by atoms with van der Waals surface area (Å²) in [5, 5.41) is 2.31. The van der Waals surface area contributed by atoms with Crippen molar-refractivity contribution in [1.29, 1.82) is 0 Å². The summed E-state index contributed by atoms with van der Waals surface area (Å²) in [7, 11) is 0. The Kier molecular flexibility index (Phi) is 3.37. The Balaban J connectivity index is 2.45. The molecule has 1 N–H and O–H groups in total. The zero-order chi connectivity index (χ0) is 13.1. The predicted octanol–water partition coefficient (Wildman–Crippen LogP) is 1.70. The maximum Gasteiger partial charge on any atom is 0.234 e. The average Bonchev–Trinajstić information content (AvgIpc) is 2.66. The predicted molar refractivity (Wildman–Crippen MR) is 70.0 cm³/mol. The molecule has 0 aromatic heterocycles. The van der Waals surface area contributed by atoms with Gasteiger partial charge in [-0.2, -0.15) is 0 Å². The van der Waals surface area contributed by atoms with Gasteiger partial charge in [-0.3, -0.25) is 19.9 Å². The molecule has 2 rings (SSSR count). The highest BCUT2D eigenvalue weighted by Crippen LogP contribution is 2.31. The normalized spacial score (nSPS) is 19.8. The molecule has 4 nitrogen and oxygen atoms in total. The lowest BCUT2D eigenvalue weighted by molar-refractivity contribution is -0.125. The van der Waals surface area contributed by atoms with Crippen LogP contribution in [0.4, 0.5) is 0 Å². The van der Waals surface area contributed by atoms with Gasteiger partial charge in [0.2, 0.25) is 11.8 Å². The van der Waals surface area contributed by atoms with E-state index in [9.17, 15) is 9.59 Å². The molecule has 2 amide bonds. The molecule has 0 aliphatic carbocycles. The van der Waals surface area contributed by atoms with E-state index in [0.717, 1.165) is 16.7 Å². The van der Waals surface area contributed by atoms with Crippen molar-refractivity contribution in [3.8, 4) is 0 Å². The Labute approximate surface area is 105 Å². The van der Waals surface area contributed by atoms with Gasteiger partial charge in [0.25, 0.3) is 0 Å². The van der Waals surface area contributed by atoms with Crippen LogP contribution in [-0.2, 0) is 9.59 Å². The monoisotopic (exact) mass is 242 g/mol. The lowest BCUT2D eigenvalue weighted by Crippen LogP contribution is -2.22. The van der Waals surface area contributed by atoms with Crippen LogP contribution in [0.15, 0.2) is 35.5 Å². The molecule has 0 radical (unpaired) electrons. The smallest absolute Gasteiger partial charge is 0.234 e. The Morgan fingerprint density at radius 1 is 1.44 bits per heavy atom. The molecule has 1 aliphatic rings. The number of benzene rings is 1. The summed E-state index contributed by atoms with van der Waals surface area (Å²) in [5.74, 6) is -0.976. The molecule has 4 heteroatoms. The maximum atomic E-state index is 11.8. The molecule has 0 spiro atoms. The molecule has 1 aromatic carbocycles. The molecular formula is C14H14N2O2. The van der Waals surface area contributed by atoms with E-state index in [1.54, 1.807) is 6.20 Å². The summed E-state index contributed by atoms with van der Waals surface area (Å²) in [6.45, 7) is 5.39. The minimum atomic E-state index is -0.468. The Bertz CT molecular complexity index is 546. The van der Waals surface area contributed by atoms with Crippen LogP contribution < -0.4 is 5.32 Å². The number of hydrogen-bond donors (Lipinski definition) is 1. The van der Waals surface area contributed by atoms with E-state index < -0.39 is 5.92 Å². The highest BCUT2D eigenvalue weighted by atomic mass is 16.2. The number of aryl methyl sites for hydroxylation is 1. The first-order valence-corrected chi connectivity index (χ1v) is 5.69. The van der Waals surface area contributed by atoms with Gasteiger partial charge in [-0.15, -0.1) is 0 Å². The summed E-state index contributed by atoms with van der Waals surface area (Å²) >= 11 is 0. The number of aliphatic imine (C=N–C) groups is 1. The van der Waals surface area contributed by atoms with Crippen molar-refractivity contribution in [2.24, 2.45) is 10.9 Å². The number of hydrogen-bond acceptors (Lipinski definition) is 3. The van der Waals surface area contributed by atoms with Gasteiger partial charge in [-0.1, -0.05) is 24.3 Å². The lowest BCUT2D eigenvalue weighted by atomic mass is 9.89. The summed E-state index contributed by atoms with van der Waals surface area (Å²) in [6.07, 6.45) is 1.74. The van der Waals surface area contributed by atoms with Crippen LogP contribution in [0.3, 0.4) is 0 Å². The molecule has 1 aromatic rings. The summed E-state index contributed by atoms with van der Waals surface area (Å²) in [4.78, 5) is 26.8. The minimum Gasteiger partial charge on any atom is -0.296 e. The molecular weight excluding hydrogens is 228 g/mol. The van der Waals surface area contributed by atoms with E-state index >= 15 is 0 Å². The highest BCUT2D eigenvalue weighted by molar-refractivity contribution is 6.09. The van der Waals surface area contributed by atoms with Gasteiger partial charge < -0.3 is 0 Å². The first-order chi connectivity index (χ1) is 8.63. The van der Waals surface area contributed by atoms with Gasteiger partial charge in [0.15, 0.2) is 0 Å². The molecule has 1 heterocycles. The lowest BCUT2D eigenvalue weighted by Gasteiger charge is -2.13. The van der Waals surface area contributed by atoms with E-state index in [-0.39, 0.29) is 18.2 Å². The molecule has 18 heavy (non-hydrogen) atoms. The number of rotatable bonds is 3. The van der Waals surface area contributed by atoms with Crippen LogP contribution in [0, 0.1) is 12.8 Å². The van der Waals surface area contributed by atoms with Crippen molar-refractivity contribution in [3.63, 3.8) is 0 Å². The van der Waals surface area contributed by atoms with Crippen molar-refractivity contribution in [1.82, 2.24) is 5.32 Å².